The Balaban J connectivity index is 1.24. The normalized spacial score (nSPS) is 12.0. The van der Waals surface area contributed by atoms with Crippen LogP contribution in [0.5, 0.6) is 0 Å². The summed E-state index contributed by atoms with van der Waals surface area (Å²) < 4.78 is 2.30. The highest BCUT2D eigenvalue weighted by Crippen LogP contribution is 2.50. The van der Waals surface area contributed by atoms with E-state index in [2.05, 4.69) is 149 Å². The molecule has 234 valence electrons. The second-order valence-electron chi connectivity index (χ2n) is 12.5. The first-order valence-corrected chi connectivity index (χ1v) is 16.8. The molecule has 9 aromatic rings. The Bertz CT molecular complexity index is 2660. The van der Waals surface area contributed by atoms with Crippen LogP contribution >= 0.6 is 0 Å². The van der Waals surface area contributed by atoms with Crippen molar-refractivity contribution in [2.24, 2.45) is 0 Å². The van der Waals surface area contributed by atoms with Crippen LogP contribution in [0.4, 0.5) is 17.3 Å². The van der Waals surface area contributed by atoms with Gasteiger partial charge in [0.25, 0.3) is 0 Å². The third kappa shape index (κ3) is 4.52. The Morgan fingerprint density at radius 3 is 1.90 bits per heavy atom. The maximum atomic E-state index is 5.32. The van der Waals surface area contributed by atoms with Crippen molar-refractivity contribution in [2.75, 3.05) is 4.90 Å². The van der Waals surface area contributed by atoms with Gasteiger partial charge in [-0.1, -0.05) is 133 Å². The van der Waals surface area contributed by atoms with E-state index in [9.17, 15) is 0 Å². The van der Waals surface area contributed by atoms with Crippen molar-refractivity contribution >= 4 is 39.1 Å². The van der Waals surface area contributed by atoms with Gasteiger partial charge in [0.1, 0.15) is 0 Å². The summed E-state index contributed by atoms with van der Waals surface area (Å²) in [7, 11) is 0. The van der Waals surface area contributed by atoms with Gasteiger partial charge in [-0.05, 0) is 53.2 Å². The van der Waals surface area contributed by atoms with Crippen molar-refractivity contribution < 1.29 is 0 Å². The van der Waals surface area contributed by atoms with Crippen LogP contribution in [-0.2, 0) is 0 Å². The maximum Gasteiger partial charge on any atom is 0.220 e. The number of aromatic nitrogens is 4. The van der Waals surface area contributed by atoms with Gasteiger partial charge in [-0.15, -0.1) is 0 Å². The number of anilines is 3. The van der Waals surface area contributed by atoms with E-state index in [-0.39, 0.29) is 0 Å². The molecule has 0 atom stereocenters. The van der Waals surface area contributed by atoms with E-state index in [1.807, 2.05) is 36.4 Å². The van der Waals surface area contributed by atoms with Crippen LogP contribution in [0.15, 0.2) is 176 Å². The first-order chi connectivity index (χ1) is 24.8. The smallest absolute Gasteiger partial charge is 0.220 e. The summed E-state index contributed by atoms with van der Waals surface area (Å²) in [6.07, 6.45) is 0. The summed E-state index contributed by atoms with van der Waals surface area (Å²) >= 11 is 0. The first-order valence-electron chi connectivity index (χ1n) is 16.8. The van der Waals surface area contributed by atoms with Gasteiger partial charge < -0.3 is 0 Å². The lowest BCUT2D eigenvalue weighted by Gasteiger charge is -2.25. The predicted octanol–water partition coefficient (Wildman–Crippen LogP) is 11.4. The monoisotopic (exact) mass is 639 g/mol. The molecule has 1 aliphatic heterocycles. The predicted molar refractivity (Wildman–Crippen MR) is 204 cm³/mol. The van der Waals surface area contributed by atoms with Crippen LogP contribution in [0.1, 0.15) is 0 Å². The van der Waals surface area contributed by atoms with E-state index in [1.165, 1.54) is 16.3 Å². The van der Waals surface area contributed by atoms with Gasteiger partial charge in [-0.3, -0.25) is 9.47 Å². The lowest BCUT2D eigenvalue weighted by molar-refractivity contribution is 1.05. The van der Waals surface area contributed by atoms with E-state index in [1.54, 1.807) is 0 Å². The number of rotatable bonds is 4. The van der Waals surface area contributed by atoms with Gasteiger partial charge in [0.05, 0.1) is 33.8 Å². The van der Waals surface area contributed by atoms with Crippen LogP contribution in [-0.4, -0.2) is 19.5 Å². The van der Waals surface area contributed by atoms with E-state index < -0.39 is 0 Å². The summed E-state index contributed by atoms with van der Waals surface area (Å²) in [4.78, 5) is 17.9. The van der Waals surface area contributed by atoms with Crippen molar-refractivity contribution in [3.63, 3.8) is 0 Å². The maximum absolute atomic E-state index is 5.32. The Morgan fingerprint density at radius 1 is 0.440 bits per heavy atom. The molecule has 3 heterocycles. The molecule has 0 aliphatic carbocycles. The Labute approximate surface area is 289 Å². The largest absolute Gasteiger partial charge is 0.280 e. The fourth-order valence-corrected chi connectivity index (χ4v) is 7.25. The molecule has 5 nitrogen and oxygen atoms in total. The minimum atomic E-state index is 0.664. The van der Waals surface area contributed by atoms with Gasteiger partial charge in [-0.2, -0.15) is 0 Å². The van der Waals surface area contributed by atoms with Gasteiger partial charge in [-0.25, -0.2) is 15.0 Å². The Hall–Kier alpha value is -6.85. The van der Waals surface area contributed by atoms with Crippen molar-refractivity contribution in [3.05, 3.63) is 176 Å². The highest BCUT2D eigenvalue weighted by Gasteiger charge is 2.30. The molecular weight excluding hydrogens is 611 g/mol. The molecule has 1 aliphatic rings. The molecule has 2 aromatic heterocycles. The third-order valence-corrected chi connectivity index (χ3v) is 9.53. The molecule has 0 saturated carbocycles. The number of fused-ring (bicyclic) bond motifs is 9. The fourth-order valence-electron chi connectivity index (χ4n) is 7.25. The number of nitrogens with zero attached hydrogens (tertiary/aromatic N) is 5. The summed E-state index contributed by atoms with van der Waals surface area (Å²) in [5, 5.41) is 2.39. The molecular formula is C45H29N5. The Morgan fingerprint density at radius 2 is 1.10 bits per heavy atom. The Kier molecular flexibility index (Phi) is 6.42. The van der Waals surface area contributed by atoms with Crippen LogP contribution < -0.4 is 4.90 Å². The number of benzene rings is 7. The number of hydrogen-bond donors (Lipinski definition) is 0. The summed E-state index contributed by atoms with van der Waals surface area (Å²) in [5.41, 5.74) is 12.2. The summed E-state index contributed by atoms with van der Waals surface area (Å²) in [5.74, 6) is 1.49. The molecule has 50 heavy (non-hydrogen) atoms. The van der Waals surface area contributed by atoms with Crippen LogP contribution in [0.25, 0.3) is 72.5 Å². The fraction of sp³-hybridized carbons (Fsp3) is 0. The molecule has 0 amide bonds. The summed E-state index contributed by atoms with van der Waals surface area (Å²) in [6.45, 7) is 0. The van der Waals surface area contributed by atoms with E-state index in [0.717, 1.165) is 67.7 Å². The van der Waals surface area contributed by atoms with Crippen molar-refractivity contribution in [1.82, 2.24) is 19.5 Å². The van der Waals surface area contributed by atoms with E-state index in [0.29, 0.717) is 5.82 Å². The lowest BCUT2D eigenvalue weighted by atomic mass is 9.94. The van der Waals surface area contributed by atoms with Crippen molar-refractivity contribution in [3.8, 4) is 50.7 Å². The second-order valence-corrected chi connectivity index (χ2v) is 12.5. The van der Waals surface area contributed by atoms with Gasteiger partial charge in [0, 0.05) is 33.5 Å². The minimum Gasteiger partial charge on any atom is -0.280 e. The average molecular weight is 640 g/mol. The van der Waals surface area contributed by atoms with Crippen molar-refractivity contribution in [2.45, 2.75) is 0 Å². The molecule has 0 N–H and O–H groups in total. The minimum absolute atomic E-state index is 0.664. The van der Waals surface area contributed by atoms with Gasteiger partial charge in [0.15, 0.2) is 5.82 Å². The SMILES string of the molecule is c1ccc(-c2cc(-c3ccccc3)nc(-c3cccc(N4c5ccc6ccccc6c5-c5ccccc5-n5c4nc4ccccc45)c3)n2)cc1. The topological polar surface area (TPSA) is 46.8 Å². The first kappa shape index (κ1) is 28.2. The molecule has 0 fully saturated rings. The zero-order valence-corrected chi connectivity index (χ0v) is 27.0. The molecule has 0 bridgehead atoms. The average Bonchev–Trinajstić information content (AvgIpc) is 3.51. The zero-order valence-electron chi connectivity index (χ0n) is 27.0. The standard InChI is InChI=1S/C45H29N5/c1-3-15-31(16-4-1)38-29-39(32-17-5-2-6-18-32)47-44(46-38)33-19-13-20-34(28-33)49-42-27-26-30-14-7-8-21-35(30)43(42)36-22-9-11-24-40(36)50-41-25-12-10-23-37(41)48-45(49)50/h1-29H. The summed E-state index contributed by atoms with van der Waals surface area (Å²) in [6, 6.07) is 61.4. The quantitative estimate of drug-likeness (QED) is 0.192. The molecule has 10 rings (SSSR count). The molecule has 7 aromatic carbocycles. The molecule has 0 spiro atoms. The van der Waals surface area contributed by atoms with E-state index >= 15 is 0 Å². The second kappa shape index (κ2) is 11.4. The van der Waals surface area contributed by atoms with Gasteiger partial charge in [0.2, 0.25) is 5.95 Å². The molecule has 5 heteroatoms. The molecule has 0 radical (unpaired) electrons. The number of para-hydroxylation sites is 3. The highest BCUT2D eigenvalue weighted by atomic mass is 15.3. The van der Waals surface area contributed by atoms with Crippen LogP contribution in [0, 0.1) is 0 Å². The highest BCUT2D eigenvalue weighted by molar-refractivity contribution is 6.08. The van der Waals surface area contributed by atoms with Crippen LogP contribution in [0.3, 0.4) is 0 Å². The zero-order chi connectivity index (χ0) is 33.0. The van der Waals surface area contributed by atoms with E-state index in [4.69, 9.17) is 15.0 Å². The van der Waals surface area contributed by atoms with Crippen LogP contribution in [0.2, 0.25) is 0 Å². The lowest BCUT2D eigenvalue weighted by Crippen LogP contribution is -2.14. The third-order valence-electron chi connectivity index (χ3n) is 9.53. The molecule has 0 saturated heterocycles. The molecule has 0 unspecified atom stereocenters. The number of hydrogen-bond acceptors (Lipinski definition) is 4. The van der Waals surface area contributed by atoms with Crippen molar-refractivity contribution in [1.29, 1.82) is 0 Å². The number of imidazole rings is 1. The van der Waals surface area contributed by atoms with Gasteiger partial charge >= 0.3 is 0 Å².